The first-order chi connectivity index (χ1) is 9.11. The van der Waals surface area contributed by atoms with Gasteiger partial charge in [0.1, 0.15) is 5.69 Å². The number of pyridine rings is 1. The lowest BCUT2D eigenvalue weighted by Crippen LogP contribution is -2.45. The minimum atomic E-state index is -0.145. The summed E-state index contributed by atoms with van der Waals surface area (Å²) in [4.78, 5) is 29.6. The molecule has 3 N–H and O–H groups in total. The molecule has 19 heavy (non-hydrogen) atoms. The number of aromatic nitrogens is 1. The number of likely N-dealkylation sites (tertiary alicyclic amines) is 1. The molecule has 1 atom stereocenters. The van der Waals surface area contributed by atoms with Crippen molar-refractivity contribution in [3.05, 3.63) is 24.0 Å². The van der Waals surface area contributed by atoms with E-state index in [1.165, 1.54) is 6.20 Å². The van der Waals surface area contributed by atoms with Crippen LogP contribution in [0.3, 0.4) is 0 Å². The molecular formula is C13H18N4O2. The van der Waals surface area contributed by atoms with Gasteiger partial charge in [-0.2, -0.15) is 0 Å². The van der Waals surface area contributed by atoms with Gasteiger partial charge in [0, 0.05) is 20.1 Å². The summed E-state index contributed by atoms with van der Waals surface area (Å²) in [7, 11) is 1.62. The standard InChI is InChI=1S/C13H18N4O2/c1-15-12(18)9-3-2-6-17(8-9)13(19)11-5-4-10(14)7-16-11/h4-5,7,9H,2-3,6,8,14H2,1H3,(H,15,18). The van der Waals surface area contributed by atoms with Crippen LogP contribution in [0.4, 0.5) is 5.69 Å². The van der Waals surface area contributed by atoms with E-state index in [2.05, 4.69) is 10.3 Å². The number of piperidine rings is 1. The van der Waals surface area contributed by atoms with E-state index in [1.807, 2.05) is 0 Å². The molecular weight excluding hydrogens is 244 g/mol. The van der Waals surface area contributed by atoms with Gasteiger partial charge in [0.25, 0.3) is 5.91 Å². The fourth-order valence-electron chi connectivity index (χ4n) is 2.27. The first-order valence-electron chi connectivity index (χ1n) is 6.34. The first-order valence-corrected chi connectivity index (χ1v) is 6.34. The SMILES string of the molecule is CNC(=O)C1CCCN(C(=O)c2ccc(N)cn2)C1. The highest BCUT2D eigenvalue weighted by Crippen LogP contribution is 2.18. The summed E-state index contributed by atoms with van der Waals surface area (Å²) in [5, 5.41) is 2.63. The van der Waals surface area contributed by atoms with Crippen LogP contribution in [0.15, 0.2) is 18.3 Å². The molecule has 0 aromatic carbocycles. The maximum atomic E-state index is 12.3. The second-order valence-electron chi connectivity index (χ2n) is 4.68. The summed E-state index contributed by atoms with van der Waals surface area (Å²) in [5.74, 6) is -0.284. The average Bonchev–Trinajstić information content (AvgIpc) is 2.46. The average molecular weight is 262 g/mol. The first kappa shape index (κ1) is 13.3. The molecule has 2 rings (SSSR count). The number of amides is 2. The number of nitrogens with two attached hydrogens (primary N) is 1. The smallest absolute Gasteiger partial charge is 0.272 e. The lowest BCUT2D eigenvalue weighted by Gasteiger charge is -2.31. The van der Waals surface area contributed by atoms with Gasteiger partial charge in [-0.1, -0.05) is 0 Å². The van der Waals surface area contributed by atoms with Crippen LogP contribution in [-0.2, 0) is 4.79 Å². The van der Waals surface area contributed by atoms with E-state index in [0.29, 0.717) is 24.5 Å². The minimum absolute atomic E-state index is 0.0113. The van der Waals surface area contributed by atoms with Crippen LogP contribution in [0.1, 0.15) is 23.3 Å². The van der Waals surface area contributed by atoms with Crippen LogP contribution in [-0.4, -0.2) is 41.8 Å². The number of rotatable bonds is 2. The molecule has 0 saturated carbocycles. The maximum Gasteiger partial charge on any atom is 0.272 e. The predicted octanol–water partition coefficient (Wildman–Crippen LogP) is 0.262. The van der Waals surface area contributed by atoms with Crippen LogP contribution < -0.4 is 11.1 Å². The highest BCUT2D eigenvalue weighted by atomic mass is 16.2. The van der Waals surface area contributed by atoms with E-state index in [4.69, 9.17) is 5.73 Å². The molecule has 0 bridgehead atoms. The maximum absolute atomic E-state index is 12.3. The van der Waals surface area contributed by atoms with E-state index >= 15 is 0 Å². The Labute approximate surface area is 112 Å². The molecule has 6 heteroatoms. The largest absolute Gasteiger partial charge is 0.397 e. The molecule has 1 saturated heterocycles. The zero-order valence-electron chi connectivity index (χ0n) is 10.9. The highest BCUT2D eigenvalue weighted by molar-refractivity contribution is 5.93. The monoisotopic (exact) mass is 262 g/mol. The van der Waals surface area contributed by atoms with Crippen LogP contribution in [0.5, 0.6) is 0 Å². The number of anilines is 1. The normalized spacial score (nSPS) is 19.0. The molecule has 1 aliphatic rings. The highest BCUT2D eigenvalue weighted by Gasteiger charge is 2.28. The Morgan fingerprint density at radius 2 is 2.26 bits per heavy atom. The van der Waals surface area contributed by atoms with Gasteiger partial charge in [-0.3, -0.25) is 9.59 Å². The molecule has 6 nitrogen and oxygen atoms in total. The van der Waals surface area contributed by atoms with Gasteiger partial charge >= 0.3 is 0 Å². The lowest BCUT2D eigenvalue weighted by molar-refractivity contribution is -0.125. The van der Waals surface area contributed by atoms with Gasteiger partial charge in [-0.15, -0.1) is 0 Å². The zero-order chi connectivity index (χ0) is 13.8. The van der Waals surface area contributed by atoms with Crippen LogP contribution in [0.2, 0.25) is 0 Å². The van der Waals surface area contributed by atoms with Gasteiger partial charge in [-0.25, -0.2) is 4.98 Å². The number of nitrogens with zero attached hydrogens (tertiary/aromatic N) is 2. The zero-order valence-corrected chi connectivity index (χ0v) is 10.9. The number of nitrogen functional groups attached to an aromatic ring is 1. The molecule has 2 heterocycles. The second-order valence-corrected chi connectivity index (χ2v) is 4.68. The third-order valence-corrected chi connectivity index (χ3v) is 3.33. The van der Waals surface area contributed by atoms with Crippen molar-refractivity contribution in [2.45, 2.75) is 12.8 Å². The Kier molecular flexibility index (Phi) is 3.99. The molecule has 1 fully saturated rings. The van der Waals surface area contributed by atoms with E-state index in [9.17, 15) is 9.59 Å². The van der Waals surface area contributed by atoms with Crippen LogP contribution in [0.25, 0.3) is 0 Å². The van der Waals surface area contributed by atoms with Crippen molar-refractivity contribution >= 4 is 17.5 Å². The molecule has 1 unspecified atom stereocenters. The number of hydrogen-bond donors (Lipinski definition) is 2. The summed E-state index contributed by atoms with van der Waals surface area (Å²) < 4.78 is 0. The molecule has 102 valence electrons. The lowest BCUT2D eigenvalue weighted by atomic mass is 9.97. The summed E-state index contributed by atoms with van der Waals surface area (Å²) in [6.07, 6.45) is 3.12. The summed E-state index contributed by atoms with van der Waals surface area (Å²) in [6, 6.07) is 3.27. The second kappa shape index (κ2) is 5.69. The van der Waals surface area contributed by atoms with Gasteiger partial charge < -0.3 is 16.0 Å². The number of hydrogen-bond acceptors (Lipinski definition) is 4. The van der Waals surface area contributed by atoms with Gasteiger partial charge in [0.15, 0.2) is 0 Å². The molecule has 0 radical (unpaired) electrons. The molecule has 2 amide bonds. The van der Waals surface area contributed by atoms with Crippen molar-refractivity contribution < 1.29 is 9.59 Å². The molecule has 1 aromatic rings. The number of carbonyl (C=O) groups excluding carboxylic acids is 2. The van der Waals surface area contributed by atoms with Crippen molar-refractivity contribution in [2.24, 2.45) is 5.92 Å². The van der Waals surface area contributed by atoms with Crippen molar-refractivity contribution in [3.8, 4) is 0 Å². The number of carbonyl (C=O) groups is 2. The van der Waals surface area contributed by atoms with E-state index < -0.39 is 0 Å². The van der Waals surface area contributed by atoms with Gasteiger partial charge in [0.2, 0.25) is 5.91 Å². The van der Waals surface area contributed by atoms with E-state index in [0.717, 1.165) is 12.8 Å². The Bertz CT molecular complexity index is 472. The summed E-state index contributed by atoms with van der Waals surface area (Å²) in [6.45, 7) is 1.11. The summed E-state index contributed by atoms with van der Waals surface area (Å²) in [5.41, 5.74) is 6.44. The van der Waals surface area contributed by atoms with Gasteiger partial charge in [-0.05, 0) is 25.0 Å². The van der Waals surface area contributed by atoms with Crippen molar-refractivity contribution in [2.75, 3.05) is 25.9 Å². The quantitative estimate of drug-likeness (QED) is 0.800. The fraction of sp³-hybridized carbons (Fsp3) is 0.462. The van der Waals surface area contributed by atoms with Crippen molar-refractivity contribution in [1.82, 2.24) is 15.2 Å². The Balaban J connectivity index is 2.06. The fourth-order valence-corrected chi connectivity index (χ4v) is 2.27. The Morgan fingerprint density at radius 1 is 1.47 bits per heavy atom. The van der Waals surface area contributed by atoms with E-state index in [-0.39, 0.29) is 17.7 Å². The van der Waals surface area contributed by atoms with Crippen molar-refractivity contribution in [1.29, 1.82) is 0 Å². The molecule has 1 aliphatic heterocycles. The molecule has 1 aromatic heterocycles. The molecule has 0 aliphatic carbocycles. The predicted molar refractivity (Wildman–Crippen MR) is 71.3 cm³/mol. The topological polar surface area (TPSA) is 88.3 Å². The summed E-state index contributed by atoms with van der Waals surface area (Å²) >= 11 is 0. The molecule has 0 spiro atoms. The third-order valence-electron chi connectivity index (χ3n) is 3.33. The Morgan fingerprint density at radius 3 is 2.89 bits per heavy atom. The van der Waals surface area contributed by atoms with Gasteiger partial charge in [0.05, 0.1) is 17.8 Å². The third kappa shape index (κ3) is 3.01. The van der Waals surface area contributed by atoms with Crippen LogP contribution >= 0.6 is 0 Å². The number of nitrogens with one attached hydrogen (secondary N) is 1. The van der Waals surface area contributed by atoms with Crippen molar-refractivity contribution in [3.63, 3.8) is 0 Å². The van der Waals surface area contributed by atoms with Crippen LogP contribution in [0, 0.1) is 5.92 Å². The Hall–Kier alpha value is -2.11. The van der Waals surface area contributed by atoms with E-state index in [1.54, 1.807) is 24.1 Å². The minimum Gasteiger partial charge on any atom is -0.397 e.